The first-order chi connectivity index (χ1) is 9.63. The Labute approximate surface area is 119 Å². The minimum absolute atomic E-state index is 0.0548. The number of hydrogen-bond acceptors (Lipinski definition) is 2. The number of anilines is 1. The van der Waals surface area contributed by atoms with E-state index < -0.39 is 0 Å². The third-order valence-corrected chi connectivity index (χ3v) is 3.14. The lowest BCUT2D eigenvalue weighted by atomic mass is 10.1. The van der Waals surface area contributed by atoms with Crippen molar-refractivity contribution in [2.24, 2.45) is 0 Å². The van der Waals surface area contributed by atoms with Gasteiger partial charge in [0, 0.05) is 11.7 Å². The number of nitrogen functional groups attached to an aromatic ring is 1. The molecule has 0 aliphatic heterocycles. The summed E-state index contributed by atoms with van der Waals surface area (Å²) < 4.78 is 0. The van der Waals surface area contributed by atoms with Gasteiger partial charge in [-0.2, -0.15) is 0 Å². The highest BCUT2D eigenvalue weighted by Gasteiger charge is 2.08. The van der Waals surface area contributed by atoms with Gasteiger partial charge in [0.2, 0.25) is 5.91 Å². The fourth-order valence-corrected chi connectivity index (χ4v) is 2.17. The van der Waals surface area contributed by atoms with Crippen LogP contribution in [0.25, 0.3) is 0 Å². The predicted molar refractivity (Wildman–Crippen MR) is 82.3 cm³/mol. The second kappa shape index (κ2) is 6.75. The highest BCUT2D eigenvalue weighted by atomic mass is 16.1. The molecule has 20 heavy (non-hydrogen) atoms. The summed E-state index contributed by atoms with van der Waals surface area (Å²) in [6, 6.07) is 17.6. The van der Waals surface area contributed by atoms with E-state index in [1.807, 2.05) is 61.5 Å². The predicted octanol–water partition coefficient (Wildman–Crippen LogP) is 2.56. The maximum atomic E-state index is 11.9. The Hall–Kier alpha value is -2.29. The van der Waals surface area contributed by atoms with E-state index in [2.05, 4.69) is 5.32 Å². The third kappa shape index (κ3) is 4.43. The van der Waals surface area contributed by atoms with E-state index in [-0.39, 0.29) is 11.9 Å². The van der Waals surface area contributed by atoms with Crippen molar-refractivity contribution in [1.82, 2.24) is 5.32 Å². The SMILES string of the molecule is C[C@@H](Cc1ccc(N)cc1)NC(=O)Cc1ccccc1. The average Bonchev–Trinajstić information content (AvgIpc) is 2.42. The molecule has 0 bridgehead atoms. The maximum Gasteiger partial charge on any atom is 0.224 e. The molecule has 2 aromatic rings. The highest BCUT2D eigenvalue weighted by molar-refractivity contribution is 5.78. The molecule has 0 aliphatic carbocycles. The lowest BCUT2D eigenvalue weighted by Gasteiger charge is -2.14. The average molecular weight is 268 g/mol. The monoisotopic (exact) mass is 268 g/mol. The van der Waals surface area contributed by atoms with Crippen molar-refractivity contribution >= 4 is 11.6 Å². The summed E-state index contributed by atoms with van der Waals surface area (Å²) in [4.78, 5) is 11.9. The molecule has 0 aliphatic rings. The first-order valence-electron chi connectivity index (χ1n) is 6.81. The zero-order valence-corrected chi connectivity index (χ0v) is 11.7. The van der Waals surface area contributed by atoms with Crippen LogP contribution in [0.15, 0.2) is 54.6 Å². The Balaban J connectivity index is 1.83. The summed E-state index contributed by atoms with van der Waals surface area (Å²) in [6.45, 7) is 2.01. The molecule has 0 radical (unpaired) electrons. The number of nitrogens with two attached hydrogens (primary N) is 1. The molecule has 2 aromatic carbocycles. The van der Waals surface area contributed by atoms with Gasteiger partial charge in [-0.05, 0) is 36.6 Å². The number of amides is 1. The van der Waals surface area contributed by atoms with Crippen molar-refractivity contribution in [2.75, 3.05) is 5.73 Å². The number of rotatable bonds is 5. The molecule has 0 heterocycles. The molecule has 0 unspecified atom stereocenters. The van der Waals surface area contributed by atoms with Gasteiger partial charge < -0.3 is 11.1 Å². The largest absolute Gasteiger partial charge is 0.399 e. The second-order valence-corrected chi connectivity index (χ2v) is 5.08. The van der Waals surface area contributed by atoms with Gasteiger partial charge >= 0.3 is 0 Å². The molecule has 0 saturated carbocycles. The second-order valence-electron chi connectivity index (χ2n) is 5.08. The number of hydrogen-bond donors (Lipinski definition) is 2. The molecule has 3 nitrogen and oxygen atoms in total. The molecular formula is C17H20N2O. The zero-order valence-electron chi connectivity index (χ0n) is 11.7. The van der Waals surface area contributed by atoms with Crippen LogP contribution >= 0.6 is 0 Å². The van der Waals surface area contributed by atoms with Gasteiger partial charge in [0.05, 0.1) is 6.42 Å². The summed E-state index contributed by atoms with van der Waals surface area (Å²) in [7, 11) is 0. The van der Waals surface area contributed by atoms with E-state index >= 15 is 0 Å². The van der Waals surface area contributed by atoms with E-state index in [9.17, 15) is 4.79 Å². The number of carbonyl (C=O) groups is 1. The first-order valence-corrected chi connectivity index (χ1v) is 6.81. The molecule has 0 aromatic heterocycles. The molecule has 2 rings (SSSR count). The van der Waals surface area contributed by atoms with Crippen molar-refractivity contribution in [3.63, 3.8) is 0 Å². The van der Waals surface area contributed by atoms with Crippen LogP contribution in [0.1, 0.15) is 18.1 Å². The van der Waals surface area contributed by atoms with Crippen LogP contribution in [0.4, 0.5) is 5.69 Å². The summed E-state index contributed by atoms with van der Waals surface area (Å²) in [5.41, 5.74) is 8.62. The van der Waals surface area contributed by atoms with Crippen LogP contribution in [-0.2, 0) is 17.6 Å². The van der Waals surface area contributed by atoms with Crippen LogP contribution < -0.4 is 11.1 Å². The minimum atomic E-state index is 0.0548. The topological polar surface area (TPSA) is 55.1 Å². The van der Waals surface area contributed by atoms with Crippen LogP contribution in [0, 0.1) is 0 Å². The quantitative estimate of drug-likeness (QED) is 0.819. The van der Waals surface area contributed by atoms with Crippen molar-refractivity contribution in [2.45, 2.75) is 25.8 Å². The minimum Gasteiger partial charge on any atom is -0.399 e. The Kier molecular flexibility index (Phi) is 4.77. The van der Waals surface area contributed by atoms with E-state index in [1.165, 1.54) is 5.56 Å². The van der Waals surface area contributed by atoms with E-state index in [1.54, 1.807) is 0 Å². The summed E-state index contributed by atoms with van der Waals surface area (Å²) in [6.07, 6.45) is 1.23. The zero-order chi connectivity index (χ0) is 14.4. The molecular weight excluding hydrogens is 248 g/mol. The van der Waals surface area contributed by atoms with Crippen LogP contribution in [0.2, 0.25) is 0 Å². The van der Waals surface area contributed by atoms with Crippen molar-refractivity contribution in [3.8, 4) is 0 Å². The Morgan fingerprint density at radius 1 is 1.05 bits per heavy atom. The van der Waals surface area contributed by atoms with Crippen molar-refractivity contribution in [1.29, 1.82) is 0 Å². The molecule has 0 saturated heterocycles. The lowest BCUT2D eigenvalue weighted by molar-refractivity contribution is -0.121. The number of benzene rings is 2. The van der Waals surface area contributed by atoms with Gasteiger partial charge in [-0.1, -0.05) is 42.5 Å². The standard InChI is InChI=1S/C17H20N2O/c1-13(11-15-7-9-16(18)10-8-15)19-17(20)12-14-5-3-2-4-6-14/h2-10,13H,11-12,18H2,1H3,(H,19,20)/t13-/m0/s1. The molecule has 0 fully saturated rings. The Morgan fingerprint density at radius 2 is 1.70 bits per heavy atom. The van der Waals surface area contributed by atoms with Gasteiger partial charge in [-0.25, -0.2) is 0 Å². The third-order valence-electron chi connectivity index (χ3n) is 3.14. The van der Waals surface area contributed by atoms with Crippen molar-refractivity contribution < 1.29 is 4.79 Å². The van der Waals surface area contributed by atoms with E-state index in [4.69, 9.17) is 5.73 Å². The summed E-state index contributed by atoms with van der Waals surface area (Å²) in [5.74, 6) is 0.0548. The lowest BCUT2D eigenvalue weighted by Crippen LogP contribution is -2.35. The fourth-order valence-electron chi connectivity index (χ4n) is 2.17. The number of carbonyl (C=O) groups excluding carboxylic acids is 1. The molecule has 3 heteroatoms. The highest BCUT2D eigenvalue weighted by Crippen LogP contribution is 2.08. The molecule has 104 valence electrons. The maximum absolute atomic E-state index is 11.9. The van der Waals surface area contributed by atoms with Crippen LogP contribution in [0.5, 0.6) is 0 Å². The van der Waals surface area contributed by atoms with Gasteiger partial charge in [0.15, 0.2) is 0 Å². The fraction of sp³-hybridized carbons (Fsp3) is 0.235. The molecule has 3 N–H and O–H groups in total. The van der Waals surface area contributed by atoms with Gasteiger partial charge in [0.1, 0.15) is 0 Å². The molecule has 1 amide bonds. The summed E-state index contributed by atoms with van der Waals surface area (Å²) in [5, 5.41) is 3.02. The Morgan fingerprint density at radius 3 is 2.35 bits per heavy atom. The van der Waals surface area contributed by atoms with E-state index in [0.717, 1.165) is 17.7 Å². The van der Waals surface area contributed by atoms with Gasteiger partial charge in [-0.3, -0.25) is 4.79 Å². The van der Waals surface area contributed by atoms with E-state index in [0.29, 0.717) is 6.42 Å². The Bertz CT molecular complexity index is 549. The normalized spacial score (nSPS) is 11.8. The first kappa shape index (κ1) is 14.1. The van der Waals surface area contributed by atoms with Crippen LogP contribution in [-0.4, -0.2) is 11.9 Å². The molecule has 0 spiro atoms. The van der Waals surface area contributed by atoms with Gasteiger partial charge in [0.25, 0.3) is 0 Å². The number of nitrogens with one attached hydrogen (secondary N) is 1. The van der Waals surface area contributed by atoms with Gasteiger partial charge in [-0.15, -0.1) is 0 Å². The van der Waals surface area contributed by atoms with Crippen LogP contribution in [0.3, 0.4) is 0 Å². The van der Waals surface area contributed by atoms with Crippen molar-refractivity contribution in [3.05, 3.63) is 65.7 Å². The summed E-state index contributed by atoms with van der Waals surface area (Å²) >= 11 is 0. The molecule has 1 atom stereocenters. The smallest absolute Gasteiger partial charge is 0.224 e.